The molecule has 10 heteroatoms. The van der Waals surface area contributed by atoms with Crippen molar-refractivity contribution in [3.05, 3.63) is 101 Å². The van der Waals surface area contributed by atoms with E-state index in [4.69, 9.17) is 9.26 Å². The van der Waals surface area contributed by atoms with Gasteiger partial charge in [-0.15, -0.1) is 15.3 Å². The fourth-order valence-corrected chi connectivity index (χ4v) is 3.75. The Labute approximate surface area is 207 Å². The highest BCUT2D eigenvalue weighted by molar-refractivity contribution is 6.07. The van der Waals surface area contributed by atoms with Gasteiger partial charge in [-0.3, -0.25) is 4.79 Å². The molecule has 0 radical (unpaired) electrons. The molecule has 0 atom stereocenters. The Hall–Kier alpha value is -4.57. The predicted molar refractivity (Wildman–Crippen MR) is 133 cm³/mol. The average Bonchev–Trinajstić information content (AvgIpc) is 3.54. The quantitative estimate of drug-likeness (QED) is 0.289. The van der Waals surface area contributed by atoms with Gasteiger partial charge in [0.15, 0.2) is 11.5 Å². The summed E-state index contributed by atoms with van der Waals surface area (Å²) in [7, 11) is 0. The minimum absolute atomic E-state index is 0.259. The van der Waals surface area contributed by atoms with Crippen LogP contribution in [0.4, 0.5) is 5.82 Å². The van der Waals surface area contributed by atoms with Crippen LogP contribution >= 0.6 is 0 Å². The molecule has 0 unspecified atom stereocenters. The van der Waals surface area contributed by atoms with Gasteiger partial charge >= 0.3 is 0 Å². The fourth-order valence-electron chi connectivity index (χ4n) is 3.75. The zero-order chi connectivity index (χ0) is 24.7. The maximum atomic E-state index is 12.9. The van der Waals surface area contributed by atoms with Gasteiger partial charge in [-0.05, 0) is 36.6 Å². The number of hydrogen-bond donors (Lipinski definition) is 2. The van der Waals surface area contributed by atoms with Crippen molar-refractivity contribution in [3.63, 3.8) is 0 Å². The van der Waals surface area contributed by atoms with E-state index in [0.29, 0.717) is 23.8 Å². The van der Waals surface area contributed by atoms with Crippen molar-refractivity contribution in [2.75, 3.05) is 11.9 Å². The van der Waals surface area contributed by atoms with Crippen LogP contribution in [0.15, 0.2) is 77.6 Å². The van der Waals surface area contributed by atoms with Gasteiger partial charge in [-0.2, -0.15) is 4.52 Å². The first kappa shape index (κ1) is 23.2. The van der Waals surface area contributed by atoms with Gasteiger partial charge in [0.1, 0.15) is 18.7 Å². The molecular weight excluding hydrogens is 458 g/mol. The minimum Gasteiger partial charge on any atom is -0.472 e. The van der Waals surface area contributed by atoms with Gasteiger partial charge in [0.05, 0.1) is 5.56 Å². The largest absolute Gasteiger partial charge is 0.472 e. The summed E-state index contributed by atoms with van der Waals surface area (Å²) < 4.78 is 12.3. The molecular formula is C26H25N7O3. The molecule has 3 heterocycles. The van der Waals surface area contributed by atoms with Gasteiger partial charge in [0, 0.05) is 18.7 Å². The van der Waals surface area contributed by atoms with Crippen LogP contribution in [0.25, 0.3) is 5.65 Å². The Morgan fingerprint density at radius 2 is 1.86 bits per heavy atom. The molecule has 2 N–H and O–H groups in total. The van der Waals surface area contributed by atoms with Crippen LogP contribution in [0, 0.1) is 6.92 Å². The molecule has 182 valence electrons. The minimum atomic E-state index is -0.419. The Morgan fingerprint density at radius 3 is 2.69 bits per heavy atom. The number of carbonyl (C=O) groups excluding carboxylic acids is 1. The SMILES string of the molecule is Cc1cc(NC(=O)c2cc(OCc3cccc(CNCCc4ccccc4)c3)nn3cnnc23)no1. The number of aryl methyl sites for hydroxylation is 1. The molecule has 0 aliphatic heterocycles. The molecule has 0 fully saturated rings. The number of nitrogens with zero attached hydrogens (tertiary/aromatic N) is 5. The molecule has 0 aliphatic carbocycles. The molecule has 10 nitrogen and oxygen atoms in total. The molecule has 0 saturated carbocycles. The molecule has 1 amide bonds. The molecule has 3 aromatic heterocycles. The van der Waals surface area contributed by atoms with Gasteiger partial charge in [-0.25, -0.2) is 0 Å². The van der Waals surface area contributed by atoms with Gasteiger partial charge in [0.25, 0.3) is 5.91 Å². The van der Waals surface area contributed by atoms with E-state index in [1.165, 1.54) is 16.4 Å². The molecule has 2 aromatic carbocycles. The lowest BCUT2D eigenvalue weighted by atomic mass is 10.1. The van der Waals surface area contributed by atoms with Crippen molar-refractivity contribution in [1.82, 2.24) is 30.3 Å². The first-order valence-electron chi connectivity index (χ1n) is 11.5. The number of anilines is 1. The molecule has 0 spiro atoms. The lowest BCUT2D eigenvalue weighted by molar-refractivity contribution is 0.102. The zero-order valence-electron chi connectivity index (χ0n) is 19.7. The zero-order valence-corrected chi connectivity index (χ0v) is 19.7. The second kappa shape index (κ2) is 10.8. The Kier molecular flexibility index (Phi) is 6.95. The van der Waals surface area contributed by atoms with E-state index >= 15 is 0 Å². The molecule has 0 saturated heterocycles. The Bertz CT molecular complexity index is 1460. The number of benzene rings is 2. The van der Waals surface area contributed by atoms with Crippen LogP contribution in [-0.2, 0) is 19.6 Å². The second-order valence-corrected chi connectivity index (χ2v) is 8.29. The lowest BCUT2D eigenvalue weighted by Gasteiger charge is -2.10. The monoisotopic (exact) mass is 483 g/mol. The third-order valence-corrected chi connectivity index (χ3v) is 5.50. The molecule has 36 heavy (non-hydrogen) atoms. The number of carbonyl (C=O) groups is 1. The number of rotatable bonds is 10. The molecule has 5 aromatic rings. The molecule has 0 bridgehead atoms. The first-order valence-corrected chi connectivity index (χ1v) is 11.5. The first-order chi connectivity index (χ1) is 17.6. The number of amides is 1. The summed E-state index contributed by atoms with van der Waals surface area (Å²) in [6.45, 7) is 3.69. The lowest BCUT2D eigenvalue weighted by Crippen LogP contribution is -2.16. The number of fused-ring (bicyclic) bond motifs is 1. The summed E-state index contributed by atoms with van der Waals surface area (Å²) in [6, 6.07) is 21.7. The second-order valence-electron chi connectivity index (χ2n) is 8.29. The van der Waals surface area contributed by atoms with E-state index in [1.807, 2.05) is 18.2 Å². The van der Waals surface area contributed by atoms with Crippen LogP contribution in [0.3, 0.4) is 0 Å². The van der Waals surface area contributed by atoms with Crippen molar-refractivity contribution in [2.24, 2.45) is 0 Å². The summed E-state index contributed by atoms with van der Waals surface area (Å²) in [5.74, 6) is 0.751. The molecule has 0 aliphatic rings. The smallest absolute Gasteiger partial charge is 0.261 e. The highest BCUT2D eigenvalue weighted by Gasteiger charge is 2.17. The number of hydrogen-bond acceptors (Lipinski definition) is 8. The van der Waals surface area contributed by atoms with Gasteiger partial charge in [-0.1, -0.05) is 59.8 Å². The number of aromatic nitrogens is 5. The van der Waals surface area contributed by atoms with E-state index < -0.39 is 5.91 Å². The maximum absolute atomic E-state index is 12.9. The number of nitrogens with one attached hydrogen (secondary N) is 2. The van der Waals surface area contributed by atoms with E-state index in [2.05, 4.69) is 67.5 Å². The summed E-state index contributed by atoms with van der Waals surface area (Å²) in [4.78, 5) is 12.9. The Balaban J connectivity index is 1.21. The van der Waals surface area contributed by atoms with Crippen molar-refractivity contribution >= 4 is 17.4 Å². The summed E-state index contributed by atoms with van der Waals surface area (Å²) in [5, 5.41) is 22.2. The van der Waals surface area contributed by atoms with E-state index in [1.54, 1.807) is 19.1 Å². The highest BCUT2D eigenvalue weighted by atomic mass is 16.5. The third kappa shape index (κ3) is 5.73. The topological polar surface area (TPSA) is 119 Å². The standard InChI is InChI=1S/C26H25N7O3/c1-18-12-23(32-36-18)29-26(34)22-14-24(31-33-17-28-30-25(22)33)35-16-21-9-5-8-20(13-21)15-27-11-10-19-6-3-2-4-7-19/h2-9,12-14,17,27H,10-11,15-16H2,1H3,(H,29,32,34). The Morgan fingerprint density at radius 1 is 1.03 bits per heavy atom. The van der Waals surface area contributed by atoms with Crippen LogP contribution in [0.1, 0.15) is 32.8 Å². The maximum Gasteiger partial charge on any atom is 0.261 e. The average molecular weight is 484 g/mol. The number of ether oxygens (including phenoxy) is 1. The van der Waals surface area contributed by atoms with E-state index in [0.717, 1.165) is 30.6 Å². The van der Waals surface area contributed by atoms with Crippen molar-refractivity contribution in [3.8, 4) is 5.88 Å². The van der Waals surface area contributed by atoms with Crippen LogP contribution < -0.4 is 15.4 Å². The normalized spacial score (nSPS) is 11.0. The van der Waals surface area contributed by atoms with Crippen LogP contribution in [-0.4, -0.2) is 37.4 Å². The van der Waals surface area contributed by atoms with Gasteiger partial charge < -0.3 is 19.9 Å². The summed E-state index contributed by atoms with van der Waals surface area (Å²) in [5.41, 5.74) is 4.04. The van der Waals surface area contributed by atoms with Crippen molar-refractivity contribution in [1.29, 1.82) is 0 Å². The van der Waals surface area contributed by atoms with Crippen LogP contribution in [0.5, 0.6) is 5.88 Å². The molecule has 5 rings (SSSR count). The highest BCUT2D eigenvalue weighted by Crippen LogP contribution is 2.18. The van der Waals surface area contributed by atoms with Gasteiger partial charge in [0.2, 0.25) is 5.88 Å². The van der Waals surface area contributed by atoms with E-state index in [9.17, 15) is 4.79 Å². The van der Waals surface area contributed by atoms with Crippen molar-refractivity contribution < 1.29 is 14.1 Å². The third-order valence-electron chi connectivity index (χ3n) is 5.50. The summed E-state index contributed by atoms with van der Waals surface area (Å²) in [6.07, 6.45) is 2.40. The van der Waals surface area contributed by atoms with Crippen molar-refractivity contribution in [2.45, 2.75) is 26.5 Å². The predicted octanol–water partition coefficient (Wildman–Crippen LogP) is 3.58. The fraction of sp³-hybridized carbons (Fsp3) is 0.192. The summed E-state index contributed by atoms with van der Waals surface area (Å²) >= 11 is 0. The van der Waals surface area contributed by atoms with E-state index in [-0.39, 0.29) is 11.4 Å². The van der Waals surface area contributed by atoms with Crippen LogP contribution in [0.2, 0.25) is 0 Å².